The molecule has 17 heavy (non-hydrogen) atoms. The number of aryl methyl sites for hydroxylation is 2. The van der Waals surface area contributed by atoms with Crippen molar-refractivity contribution in [3.05, 3.63) is 34.5 Å². The Morgan fingerprint density at radius 3 is 2.53 bits per heavy atom. The summed E-state index contributed by atoms with van der Waals surface area (Å²) in [4.78, 5) is 22.1. The summed E-state index contributed by atoms with van der Waals surface area (Å²) in [5, 5.41) is 9.72. The molecule has 0 aliphatic heterocycles. The number of aromatic nitrogens is 1. The van der Waals surface area contributed by atoms with Gasteiger partial charge in [-0.25, -0.2) is 4.79 Å². The Labute approximate surface area is 98.5 Å². The zero-order valence-electron chi connectivity index (χ0n) is 9.94. The highest BCUT2D eigenvalue weighted by atomic mass is 16.4. The molecule has 0 fully saturated rings. The molecule has 4 nitrogen and oxygen atoms in total. The van der Waals surface area contributed by atoms with Crippen molar-refractivity contribution in [2.24, 2.45) is 7.05 Å². The van der Waals surface area contributed by atoms with Gasteiger partial charge in [-0.2, -0.15) is 0 Å². The monoisotopic (exact) mass is 231 g/mol. The molecule has 1 aromatic heterocycles. The third kappa shape index (κ3) is 1.53. The van der Waals surface area contributed by atoms with Gasteiger partial charge in [-0.05, 0) is 31.5 Å². The van der Waals surface area contributed by atoms with Gasteiger partial charge in [0.25, 0.3) is 0 Å². The highest BCUT2D eigenvalue weighted by Gasteiger charge is 2.15. The molecule has 0 atom stereocenters. The number of nitrogens with zero attached hydrogens (tertiary/aromatic N) is 1. The molecule has 88 valence electrons. The topological polar surface area (TPSA) is 59.3 Å². The molecule has 0 radical (unpaired) electrons. The van der Waals surface area contributed by atoms with Gasteiger partial charge in [0.05, 0.1) is 11.1 Å². The predicted molar refractivity (Wildman–Crippen MR) is 64.7 cm³/mol. The van der Waals surface area contributed by atoms with Crippen molar-refractivity contribution < 1.29 is 14.7 Å². The average Bonchev–Trinajstić information content (AvgIpc) is 2.51. The van der Waals surface area contributed by atoms with Crippen molar-refractivity contribution in [3.8, 4) is 0 Å². The van der Waals surface area contributed by atoms with E-state index in [9.17, 15) is 9.59 Å². The van der Waals surface area contributed by atoms with Crippen molar-refractivity contribution in [2.75, 3.05) is 0 Å². The highest BCUT2D eigenvalue weighted by Crippen LogP contribution is 2.27. The number of fused-ring (bicyclic) bond motifs is 1. The predicted octanol–water partition coefficient (Wildman–Crippen LogP) is 2.31. The van der Waals surface area contributed by atoms with Crippen molar-refractivity contribution >= 4 is 23.2 Å². The molecular weight excluding hydrogens is 218 g/mol. The Hall–Kier alpha value is -2.10. The van der Waals surface area contributed by atoms with Crippen LogP contribution in [0.2, 0.25) is 0 Å². The SMILES string of the molecule is Cc1cc(C(=O)O)cc2c(C=O)c(C)n(C)c12. The zero-order chi connectivity index (χ0) is 12.7. The number of aldehydes is 1. The fraction of sp³-hybridized carbons (Fsp3) is 0.231. The number of carboxylic acids is 1. The molecule has 1 heterocycles. The minimum Gasteiger partial charge on any atom is -0.478 e. The maximum Gasteiger partial charge on any atom is 0.335 e. The number of carbonyl (C=O) groups excluding carboxylic acids is 1. The van der Waals surface area contributed by atoms with Crippen LogP contribution in [0.15, 0.2) is 12.1 Å². The first kappa shape index (κ1) is 11.4. The Morgan fingerprint density at radius 1 is 1.35 bits per heavy atom. The summed E-state index contributed by atoms with van der Waals surface area (Å²) in [6.45, 7) is 3.70. The summed E-state index contributed by atoms with van der Waals surface area (Å²) < 4.78 is 1.92. The fourth-order valence-electron chi connectivity index (χ4n) is 2.25. The number of hydrogen-bond donors (Lipinski definition) is 1. The lowest BCUT2D eigenvalue weighted by Gasteiger charge is -2.03. The van der Waals surface area contributed by atoms with Gasteiger partial charge in [-0.3, -0.25) is 4.79 Å². The molecule has 1 aromatic carbocycles. The number of carboxylic acid groups (broad SMARTS) is 1. The van der Waals surface area contributed by atoms with Crippen LogP contribution >= 0.6 is 0 Å². The minimum atomic E-state index is -0.978. The number of carbonyl (C=O) groups is 2. The Balaban J connectivity index is 2.96. The van der Waals surface area contributed by atoms with Crippen LogP contribution in [0, 0.1) is 13.8 Å². The molecule has 2 rings (SSSR count). The average molecular weight is 231 g/mol. The van der Waals surface area contributed by atoms with Gasteiger partial charge in [0, 0.05) is 23.7 Å². The summed E-state index contributed by atoms with van der Waals surface area (Å²) in [6, 6.07) is 3.18. The molecule has 2 aromatic rings. The van der Waals surface area contributed by atoms with Crippen LogP contribution in [0.1, 0.15) is 32.0 Å². The van der Waals surface area contributed by atoms with Gasteiger partial charge < -0.3 is 9.67 Å². The Bertz CT molecular complexity index is 638. The van der Waals surface area contributed by atoms with Crippen LogP contribution in [0.3, 0.4) is 0 Å². The summed E-state index contributed by atoms with van der Waals surface area (Å²) in [7, 11) is 1.87. The van der Waals surface area contributed by atoms with Crippen LogP contribution in [-0.2, 0) is 7.05 Å². The van der Waals surface area contributed by atoms with Crippen molar-refractivity contribution in [1.29, 1.82) is 0 Å². The first-order chi connectivity index (χ1) is 7.97. The van der Waals surface area contributed by atoms with Crippen LogP contribution in [0.25, 0.3) is 10.9 Å². The van der Waals surface area contributed by atoms with Gasteiger partial charge in [0.1, 0.15) is 0 Å². The van der Waals surface area contributed by atoms with E-state index in [1.54, 1.807) is 12.1 Å². The standard InChI is InChI=1S/C13H13NO3/c1-7-4-9(13(16)17)5-10-11(6-15)8(2)14(3)12(7)10/h4-6H,1-3H3,(H,16,17). The van der Waals surface area contributed by atoms with Gasteiger partial charge in [-0.15, -0.1) is 0 Å². The van der Waals surface area contributed by atoms with E-state index in [4.69, 9.17) is 5.11 Å². The van der Waals surface area contributed by atoms with E-state index >= 15 is 0 Å². The quantitative estimate of drug-likeness (QED) is 0.807. The van der Waals surface area contributed by atoms with E-state index in [2.05, 4.69) is 0 Å². The first-order valence-corrected chi connectivity index (χ1v) is 5.25. The maximum absolute atomic E-state index is 11.1. The van der Waals surface area contributed by atoms with Crippen molar-refractivity contribution in [3.63, 3.8) is 0 Å². The fourth-order valence-corrected chi connectivity index (χ4v) is 2.25. The molecule has 0 aliphatic carbocycles. The largest absolute Gasteiger partial charge is 0.478 e. The normalized spacial score (nSPS) is 10.8. The lowest BCUT2D eigenvalue weighted by Crippen LogP contribution is -1.98. The molecule has 0 spiro atoms. The Morgan fingerprint density at radius 2 is 2.00 bits per heavy atom. The van der Waals surface area contributed by atoms with E-state index in [-0.39, 0.29) is 5.56 Å². The van der Waals surface area contributed by atoms with E-state index in [1.807, 2.05) is 25.5 Å². The summed E-state index contributed by atoms with van der Waals surface area (Å²) in [6.07, 6.45) is 0.780. The molecule has 0 unspecified atom stereocenters. The molecule has 0 amide bonds. The smallest absolute Gasteiger partial charge is 0.335 e. The van der Waals surface area contributed by atoms with E-state index in [0.29, 0.717) is 10.9 Å². The second-order valence-electron chi connectivity index (χ2n) is 4.17. The van der Waals surface area contributed by atoms with Crippen LogP contribution in [-0.4, -0.2) is 21.9 Å². The molecule has 0 bridgehead atoms. The second-order valence-corrected chi connectivity index (χ2v) is 4.17. The molecule has 0 aliphatic rings. The summed E-state index contributed by atoms with van der Waals surface area (Å²) in [5.74, 6) is -0.978. The van der Waals surface area contributed by atoms with Crippen LogP contribution < -0.4 is 0 Å². The van der Waals surface area contributed by atoms with Gasteiger partial charge >= 0.3 is 5.97 Å². The molecule has 0 saturated carbocycles. The number of hydrogen-bond acceptors (Lipinski definition) is 2. The van der Waals surface area contributed by atoms with Crippen molar-refractivity contribution in [2.45, 2.75) is 13.8 Å². The maximum atomic E-state index is 11.1. The lowest BCUT2D eigenvalue weighted by atomic mass is 10.0. The molecule has 4 heteroatoms. The van der Waals surface area contributed by atoms with Crippen molar-refractivity contribution in [1.82, 2.24) is 4.57 Å². The first-order valence-electron chi connectivity index (χ1n) is 5.25. The molecule has 1 N–H and O–H groups in total. The van der Waals surface area contributed by atoms with E-state index in [0.717, 1.165) is 23.1 Å². The van der Waals surface area contributed by atoms with Crippen LogP contribution in [0.5, 0.6) is 0 Å². The van der Waals surface area contributed by atoms with Crippen LogP contribution in [0.4, 0.5) is 0 Å². The van der Waals surface area contributed by atoms with Gasteiger partial charge in [0.2, 0.25) is 0 Å². The summed E-state index contributed by atoms with van der Waals surface area (Å²) >= 11 is 0. The third-order valence-electron chi connectivity index (χ3n) is 3.18. The highest BCUT2D eigenvalue weighted by molar-refractivity contribution is 6.04. The molecule has 0 saturated heterocycles. The minimum absolute atomic E-state index is 0.212. The van der Waals surface area contributed by atoms with Gasteiger partial charge in [0.15, 0.2) is 6.29 Å². The van der Waals surface area contributed by atoms with E-state index < -0.39 is 5.97 Å². The number of benzene rings is 1. The number of aromatic carboxylic acids is 1. The zero-order valence-corrected chi connectivity index (χ0v) is 9.94. The lowest BCUT2D eigenvalue weighted by molar-refractivity contribution is 0.0696. The third-order valence-corrected chi connectivity index (χ3v) is 3.18. The summed E-state index contributed by atoms with van der Waals surface area (Å²) in [5.41, 5.74) is 3.39. The van der Waals surface area contributed by atoms with Gasteiger partial charge in [-0.1, -0.05) is 0 Å². The molecular formula is C13H13NO3. The number of rotatable bonds is 2. The Kier molecular flexibility index (Phi) is 2.50. The second kappa shape index (κ2) is 3.73. The van der Waals surface area contributed by atoms with E-state index in [1.165, 1.54) is 0 Å².